The zero-order valence-electron chi connectivity index (χ0n) is 13.2. The molecule has 120 valence electrons. The highest BCUT2D eigenvalue weighted by atomic mass is 32.1. The average Bonchev–Trinajstić information content (AvgIpc) is 2.98. The zero-order valence-corrected chi connectivity index (χ0v) is 14.0. The number of hydrogen-bond donors (Lipinski definition) is 0. The van der Waals surface area contributed by atoms with Crippen LogP contribution < -0.4 is 0 Å². The van der Waals surface area contributed by atoms with Gasteiger partial charge in [0.1, 0.15) is 6.04 Å². The molecule has 1 aliphatic rings. The van der Waals surface area contributed by atoms with Gasteiger partial charge in [-0.05, 0) is 6.92 Å². The quantitative estimate of drug-likeness (QED) is 0.749. The summed E-state index contributed by atoms with van der Waals surface area (Å²) in [4.78, 5) is 45.2. The first-order chi connectivity index (χ1) is 10.3. The molecule has 0 aliphatic carbocycles. The molecule has 4 amide bonds. The predicted octanol–water partition coefficient (Wildman–Crippen LogP) is 0.735. The van der Waals surface area contributed by atoms with E-state index in [0.717, 1.165) is 21.9 Å². The summed E-state index contributed by atoms with van der Waals surface area (Å²) in [6.07, 6.45) is 0.760. The van der Waals surface area contributed by atoms with Crippen LogP contribution in [0, 0.1) is 6.92 Å². The SMILES string of the molecule is Cc1ncsc1CCN(C)C(=O)C[C@@H]1C(=O)N(C)C(=O)N1C. The normalized spacial score (nSPS) is 18.3. The summed E-state index contributed by atoms with van der Waals surface area (Å²) in [5, 5.41) is 0. The van der Waals surface area contributed by atoms with Gasteiger partial charge >= 0.3 is 6.03 Å². The molecule has 0 N–H and O–H groups in total. The molecule has 1 saturated heterocycles. The van der Waals surface area contributed by atoms with Crippen LogP contribution in [0.5, 0.6) is 0 Å². The van der Waals surface area contributed by atoms with Crippen LogP contribution in [-0.2, 0) is 16.0 Å². The molecular weight excluding hydrogens is 304 g/mol. The number of urea groups is 1. The maximum atomic E-state index is 12.3. The first kappa shape index (κ1) is 16.4. The highest BCUT2D eigenvalue weighted by Gasteiger charge is 2.42. The van der Waals surface area contributed by atoms with Gasteiger partial charge in [0.25, 0.3) is 5.91 Å². The van der Waals surface area contributed by atoms with Gasteiger partial charge in [-0.2, -0.15) is 0 Å². The molecule has 2 heterocycles. The molecule has 0 bridgehead atoms. The van der Waals surface area contributed by atoms with Crippen molar-refractivity contribution in [2.75, 3.05) is 27.7 Å². The average molecular weight is 324 g/mol. The number of rotatable bonds is 5. The molecule has 0 radical (unpaired) electrons. The van der Waals surface area contributed by atoms with Crippen LogP contribution in [0.1, 0.15) is 17.0 Å². The van der Waals surface area contributed by atoms with E-state index in [2.05, 4.69) is 4.98 Å². The van der Waals surface area contributed by atoms with Gasteiger partial charge in [0.2, 0.25) is 5.91 Å². The van der Waals surface area contributed by atoms with Crippen molar-refractivity contribution < 1.29 is 14.4 Å². The van der Waals surface area contributed by atoms with E-state index in [0.29, 0.717) is 6.54 Å². The minimum atomic E-state index is -0.697. The smallest absolute Gasteiger partial charge is 0.326 e. The number of carbonyl (C=O) groups is 3. The van der Waals surface area contributed by atoms with Crippen LogP contribution in [-0.4, -0.2) is 71.3 Å². The van der Waals surface area contributed by atoms with E-state index in [1.165, 1.54) is 11.9 Å². The second kappa shape index (κ2) is 6.43. The van der Waals surface area contributed by atoms with Crippen LogP contribution in [0.25, 0.3) is 0 Å². The molecule has 0 aromatic carbocycles. The summed E-state index contributed by atoms with van der Waals surface area (Å²) in [6.45, 7) is 2.51. The fraction of sp³-hybridized carbons (Fsp3) is 0.571. The van der Waals surface area contributed by atoms with Crippen molar-refractivity contribution in [2.45, 2.75) is 25.8 Å². The summed E-state index contributed by atoms with van der Waals surface area (Å²) in [5.41, 5.74) is 2.78. The number of aromatic nitrogens is 1. The van der Waals surface area contributed by atoms with Crippen LogP contribution in [0.2, 0.25) is 0 Å². The molecular formula is C14H20N4O3S. The lowest BCUT2D eigenvalue weighted by Crippen LogP contribution is -2.38. The minimum Gasteiger partial charge on any atom is -0.345 e. The van der Waals surface area contributed by atoms with Gasteiger partial charge in [-0.15, -0.1) is 11.3 Å². The fourth-order valence-electron chi connectivity index (χ4n) is 2.36. The number of hydrogen-bond acceptors (Lipinski definition) is 5. The summed E-state index contributed by atoms with van der Waals surface area (Å²) in [6, 6.07) is -1.07. The Morgan fingerprint density at radius 2 is 2.09 bits per heavy atom. The van der Waals surface area contributed by atoms with Gasteiger partial charge in [0.15, 0.2) is 0 Å². The highest BCUT2D eigenvalue weighted by Crippen LogP contribution is 2.18. The maximum absolute atomic E-state index is 12.3. The highest BCUT2D eigenvalue weighted by molar-refractivity contribution is 7.09. The Balaban J connectivity index is 1.90. The van der Waals surface area contributed by atoms with Crippen LogP contribution in [0.15, 0.2) is 5.51 Å². The Morgan fingerprint density at radius 3 is 2.59 bits per heavy atom. The van der Waals surface area contributed by atoms with Crippen molar-refractivity contribution >= 4 is 29.2 Å². The summed E-state index contributed by atoms with van der Waals surface area (Å²) in [7, 11) is 4.69. The Kier molecular flexibility index (Phi) is 4.80. The molecule has 22 heavy (non-hydrogen) atoms. The van der Waals surface area contributed by atoms with Crippen molar-refractivity contribution in [3.63, 3.8) is 0 Å². The molecule has 1 fully saturated rings. The molecule has 1 atom stereocenters. The molecule has 1 aromatic rings. The second-order valence-corrected chi connectivity index (χ2v) is 6.38. The predicted molar refractivity (Wildman–Crippen MR) is 82.5 cm³/mol. The summed E-state index contributed by atoms with van der Waals surface area (Å²) >= 11 is 1.57. The van der Waals surface area contributed by atoms with Gasteiger partial charge < -0.3 is 9.80 Å². The third-order valence-corrected chi connectivity index (χ3v) is 4.98. The number of carbonyl (C=O) groups excluding carboxylic acids is 3. The Labute approximate surface area is 133 Å². The molecule has 2 rings (SSSR count). The van der Waals surface area contributed by atoms with Crippen LogP contribution in [0.3, 0.4) is 0 Å². The second-order valence-electron chi connectivity index (χ2n) is 5.44. The third-order valence-electron chi connectivity index (χ3n) is 3.98. The summed E-state index contributed by atoms with van der Waals surface area (Å²) in [5.74, 6) is -0.469. The van der Waals surface area contributed by atoms with Gasteiger partial charge in [0.05, 0.1) is 17.6 Å². The zero-order chi connectivity index (χ0) is 16.4. The first-order valence-electron chi connectivity index (χ1n) is 7.00. The lowest BCUT2D eigenvalue weighted by Gasteiger charge is -2.21. The minimum absolute atomic E-state index is 0.0174. The van der Waals surface area contributed by atoms with E-state index in [1.807, 2.05) is 6.92 Å². The van der Waals surface area contributed by atoms with Gasteiger partial charge in [-0.3, -0.25) is 14.5 Å². The molecule has 8 heteroatoms. The van der Waals surface area contributed by atoms with E-state index < -0.39 is 6.04 Å². The number of nitrogens with zero attached hydrogens (tertiary/aromatic N) is 4. The maximum Gasteiger partial charge on any atom is 0.326 e. The van der Waals surface area contributed by atoms with E-state index in [9.17, 15) is 14.4 Å². The van der Waals surface area contributed by atoms with Crippen molar-refractivity contribution in [1.29, 1.82) is 0 Å². The number of amides is 4. The topological polar surface area (TPSA) is 73.8 Å². The van der Waals surface area contributed by atoms with Gasteiger partial charge in [0, 0.05) is 39.0 Å². The molecule has 0 spiro atoms. The van der Waals surface area contributed by atoms with Gasteiger partial charge in [-0.25, -0.2) is 9.78 Å². The molecule has 1 aliphatic heterocycles. The Morgan fingerprint density at radius 1 is 1.41 bits per heavy atom. The first-order valence-corrected chi connectivity index (χ1v) is 7.88. The van der Waals surface area contributed by atoms with E-state index in [-0.39, 0.29) is 24.3 Å². The fourth-order valence-corrected chi connectivity index (χ4v) is 3.13. The molecule has 0 unspecified atom stereocenters. The van der Waals surface area contributed by atoms with Crippen LogP contribution in [0.4, 0.5) is 4.79 Å². The van der Waals surface area contributed by atoms with E-state index in [1.54, 1.807) is 35.8 Å². The number of aryl methyl sites for hydroxylation is 1. The van der Waals surface area contributed by atoms with Crippen molar-refractivity contribution in [3.05, 3.63) is 16.1 Å². The van der Waals surface area contributed by atoms with E-state index >= 15 is 0 Å². The van der Waals surface area contributed by atoms with Crippen molar-refractivity contribution in [3.8, 4) is 0 Å². The summed E-state index contributed by atoms with van der Waals surface area (Å²) < 4.78 is 0. The number of likely N-dealkylation sites (N-methyl/N-ethyl adjacent to an activating group) is 3. The monoisotopic (exact) mass is 324 g/mol. The van der Waals surface area contributed by atoms with Crippen LogP contribution >= 0.6 is 11.3 Å². The largest absolute Gasteiger partial charge is 0.345 e. The van der Waals surface area contributed by atoms with E-state index in [4.69, 9.17) is 0 Å². The van der Waals surface area contributed by atoms with Crippen molar-refractivity contribution in [1.82, 2.24) is 19.7 Å². The number of imide groups is 1. The molecule has 1 aromatic heterocycles. The number of thiazole rings is 1. The lowest BCUT2D eigenvalue weighted by molar-refractivity contribution is -0.135. The van der Waals surface area contributed by atoms with Gasteiger partial charge in [-0.1, -0.05) is 0 Å². The Hall–Kier alpha value is -1.96. The Bertz CT molecular complexity index is 601. The third kappa shape index (κ3) is 3.11. The molecule has 7 nitrogen and oxygen atoms in total. The standard InChI is InChI=1S/C14H20N4O3S/c1-9-11(22-8-15-9)5-6-16(2)12(19)7-10-13(20)18(4)14(21)17(10)3/h8,10H,5-7H2,1-4H3/t10-/m1/s1. The lowest BCUT2D eigenvalue weighted by atomic mass is 10.1. The molecule has 0 saturated carbocycles. The van der Waals surface area contributed by atoms with Crippen molar-refractivity contribution in [2.24, 2.45) is 0 Å².